The lowest BCUT2D eigenvalue weighted by Gasteiger charge is -2.33. The molecule has 0 unspecified atom stereocenters. The highest BCUT2D eigenvalue weighted by molar-refractivity contribution is 5.98. The molecule has 160 valence electrons. The fourth-order valence-corrected chi connectivity index (χ4v) is 3.09. The third-order valence-corrected chi connectivity index (χ3v) is 4.54. The number of aromatic nitrogens is 1. The molecule has 0 radical (unpaired) electrons. The molecule has 10 heteroatoms. The van der Waals surface area contributed by atoms with E-state index in [0.717, 1.165) is 11.6 Å². The van der Waals surface area contributed by atoms with Gasteiger partial charge in [-0.2, -0.15) is 13.2 Å². The largest absolute Gasteiger partial charge is 0.491 e. The molecule has 0 bridgehead atoms. The molecule has 2 N–H and O–H groups in total. The highest BCUT2D eigenvalue weighted by atomic mass is 19.4. The number of halogens is 3. The zero-order valence-corrected chi connectivity index (χ0v) is 15.9. The van der Waals surface area contributed by atoms with Gasteiger partial charge in [0.05, 0.1) is 12.1 Å². The number of likely N-dealkylation sites (tertiary alicyclic amines) is 1. The highest BCUT2D eigenvalue weighted by Crippen LogP contribution is 2.26. The Labute approximate surface area is 170 Å². The van der Waals surface area contributed by atoms with Crippen molar-refractivity contribution < 1.29 is 32.2 Å². The van der Waals surface area contributed by atoms with Crippen LogP contribution in [0.25, 0.3) is 0 Å². The molecule has 1 aromatic carbocycles. The summed E-state index contributed by atoms with van der Waals surface area (Å²) in [5.41, 5.74) is 6.34. The lowest BCUT2D eigenvalue weighted by atomic mass is 10.1. The smallest absolute Gasteiger partial charge is 0.472 e. The number of esters is 1. The molecular weight excluding hydrogens is 403 g/mol. The number of hydrogen-bond acceptors (Lipinski definition) is 6. The predicted octanol–water partition coefficient (Wildman–Crippen LogP) is 2.69. The molecule has 0 saturated carbocycles. The van der Waals surface area contributed by atoms with E-state index in [4.69, 9.17) is 10.5 Å². The third-order valence-electron chi connectivity index (χ3n) is 4.54. The number of hydrogen-bond donors (Lipinski definition) is 1. The van der Waals surface area contributed by atoms with Gasteiger partial charge in [0.2, 0.25) is 5.88 Å². The van der Waals surface area contributed by atoms with Gasteiger partial charge in [0.1, 0.15) is 11.9 Å². The molecule has 2 aromatic rings. The van der Waals surface area contributed by atoms with Crippen LogP contribution in [-0.2, 0) is 11.3 Å². The molecule has 1 saturated heterocycles. The molecule has 7 nitrogen and oxygen atoms in total. The number of nitrogens with two attached hydrogens (primary N) is 1. The lowest BCUT2D eigenvalue weighted by Crippen LogP contribution is -2.44. The van der Waals surface area contributed by atoms with Gasteiger partial charge in [0.25, 0.3) is 5.91 Å². The summed E-state index contributed by atoms with van der Waals surface area (Å²) < 4.78 is 47.9. The Kier molecular flexibility index (Phi) is 6.56. The molecule has 1 aliphatic rings. The number of rotatable bonds is 5. The van der Waals surface area contributed by atoms with Gasteiger partial charge in [0.15, 0.2) is 0 Å². The van der Waals surface area contributed by atoms with E-state index in [0.29, 0.717) is 31.8 Å². The van der Waals surface area contributed by atoms with Gasteiger partial charge in [-0.25, -0.2) is 9.78 Å². The van der Waals surface area contributed by atoms with Crippen LogP contribution in [0.2, 0.25) is 0 Å². The topological polar surface area (TPSA) is 94.8 Å². The molecule has 1 aliphatic heterocycles. The number of amides is 1. The summed E-state index contributed by atoms with van der Waals surface area (Å²) in [7, 11) is 0. The van der Waals surface area contributed by atoms with Gasteiger partial charge >= 0.3 is 12.1 Å². The van der Waals surface area contributed by atoms with Gasteiger partial charge in [-0.3, -0.25) is 4.79 Å². The lowest BCUT2D eigenvalue weighted by molar-refractivity contribution is -0.189. The zero-order chi connectivity index (χ0) is 21.7. The molecule has 3 rings (SSSR count). The number of carbonyl (C=O) groups excluding carboxylic acids is 2. The van der Waals surface area contributed by atoms with Crippen LogP contribution in [0.15, 0.2) is 42.6 Å². The maximum Gasteiger partial charge on any atom is 0.491 e. The average Bonchev–Trinajstić information content (AvgIpc) is 2.73. The molecule has 30 heavy (non-hydrogen) atoms. The van der Waals surface area contributed by atoms with E-state index in [1.165, 1.54) is 23.1 Å². The Morgan fingerprint density at radius 2 is 2.00 bits per heavy atom. The number of ether oxygens (including phenoxy) is 2. The van der Waals surface area contributed by atoms with Crippen molar-refractivity contribution in [3.05, 3.63) is 53.7 Å². The SMILES string of the molecule is NCc1ccnc(O[C@H]2CCCN(C(=O)c3ccccc3OC(=O)C(F)(F)F)C2)c1. The van der Waals surface area contributed by atoms with Crippen molar-refractivity contribution >= 4 is 11.9 Å². The Hall–Kier alpha value is -3.14. The zero-order valence-electron chi connectivity index (χ0n) is 15.9. The summed E-state index contributed by atoms with van der Waals surface area (Å²) in [6.45, 7) is 0.951. The molecule has 2 heterocycles. The first-order chi connectivity index (χ1) is 14.3. The summed E-state index contributed by atoms with van der Waals surface area (Å²) in [6, 6.07) is 8.82. The van der Waals surface area contributed by atoms with Crippen LogP contribution in [0, 0.1) is 0 Å². The van der Waals surface area contributed by atoms with E-state index < -0.39 is 23.8 Å². The van der Waals surface area contributed by atoms with Crippen molar-refractivity contribution in [3.63, 3.8) is 0 Å². The monoisotopic (exact) mass is 423 g/mol. The first kappa shape index (κ1) is 21.6. The maximum atomic E-state index is 12.9. The number of pyridine rings is 1. The van der Waals surface area contributed by atoms with Gasteiger partial charge in [-0.15, -0.1) is 0 Å². The van der Waals surface area contributed by atoms with Crippen molar-refractivity contribution in [2.24, 2.45) is 5.73 Å². The number of nitrogens with zero attached hydrogens (tertiary/aromatic N) is 2. The fraction of sp³-hybridized carbons (Fsp3) is 0.350. The maximum absolute atomic E-state index is 12.9. The van der Waals surface area contributed by atoms with Gasteiger partial charge < -0.3 is 20.1 Å². The van der Waals surface area contributed by atoms with Gasteiger partial charge in [-0.1, -0.05) is 12.1 Å². The molecule has 1 aromatic heterocycles. The molecule has 0 aliphatic carbocycles. The molecule has 0 spiro atoms. The van der Waals surface area contributed by atoms with E-state index in [-0.39, 0.29) is 18.2 Å². The fourth-order valence-electron chi connectivity index (χ4n) is 3.09. The van der Waals surface area contributed by atoms with Crippen LogP contribution in [0.1, 0.15) is 28.8 Å². The quantitative estimate of drug-likeness (QED) is 0.587. The molecular formula is C20H20F3N3O4. The Morgan fingerprint density at radius 3 is 2.73 bits per heavy atom. The number of para-hydroxylation sites is 1. The van der Waals surface area contributed by atoms with Crippen molar-refractivity contribution in [1.82, 2.24) is 9.88 Å². The minimum Gasteiger partial charge on any atom is -0.472 e. The minimum absolute atomic E-state index is 0.126. The van der Waals surface area contributed by atoms with Crippen LogP contribution < -0.4 is 15.2 Å². The first-order valence-electron chi connectivity index (χ1n) is 9.27. The van der Waals surface area contributed by atoms with Crippen LogP contribution in [0.5, 0.6) is 11.6 Å². The second-order valence-electron chi connectivity index (χ2n) is 6.72. The number of carbonyl (C=O) groups is 2. The van der Waals surface area contributed by atoms with E-state index in [1.54, 1.807) is 18.3 Å². The van der Waals surface area contributed by atoms with Gasteiger partial charge in [-0.05, 0) is 36.6 Å². The average molecular weight is 423 g/mol. The summed E-state index contributed by atoms with van der Waals surface area (Å²) in [6.07, 6.45) is -2.60. The molecule has 1 amide bonds. The summed E-state index contributed by atoms with van der Waals surface area (Å²) >= 11 is 0. The molecule has 1 fully saturated rings. The highest BCUT2D eigenvalue weighted by Gasteiger charge is 2.42. The van der Waals surface area contributed by atoms with E-state index in [1.807, 2.05) is 0 Å². The Morgan fingerprint density at radius 1 is 1.23 bits per heavy atom. The number of piperidine rings is 1. The van der Waals surface area contributed by atoms with Crippen LogP contribution in [-0.4, -0.2) is 47.1 Å². The van der Waals surface area contributed by atoms with Gasteiger partial charge in [0, 0.05) is 25.4 Å². The number of benzene rings is 1. The summed E-state index contributed by atoms with van der Waals surface area (Å²) in [5, 5.41) is 0. The van der Waals surface area contributed by atoms with E-state index in [2.05, 4.69) is 9.72 Å². The van der Waals surface area contributed by atoms with Crippen molar-refractivity contribution in [2.75, 3.05) is 13.1 Å². The molecule has 1 atom stereocenters. The predicted molar refractivity (Wildman–Crippen MR) is 99.8 cm³/mol. The minimum atomic E-state index is -5.16. The van der Waals surface area contributed by atoms with Crippen molar-refractivity contribution in [1.29, 1.82) is 0 Å². The normalized spacial score (nSPS) is 16.8. The van der Waals surface area contributed by atoms with Crippen LogP contribution in [0.3, 0.4) is 0 Å². The summed E-state index contributed by atoms with van der Waals surface area (Å²) in [5.74, 6) is -2.98. The Bertz CT molecular complexity index is 920. The standard InChI is InChI=1S/C20H20F3N3O4/c21-20(22,23)19(28)30-16-6-2-1-5-15(16)18(27)26-9-3-4-14(12-26)29-17-10-13(11-24)7-8-25-17/h1-2,5-8,10,14H,3-4,9,11-12,24H2/t14-/m0/s1. The number of alkyl halides is 3. The van der Waals surface area contributed by atoms with Crippen molar-refractivity contribution in [2.45, 2.75) is 31.7 Å². The van der Waals surface area contributed by atoms with E-state index in [9.17, 15) is 22.8 Å². The van der Waals surface area contributed by atoms with Crippen molar-refractivity contribution in [3.8, 4) is 11.6 Å². The second kappa shape index (κ2) is 9.12. The first-order valence-corrected chi connectivity index (χ1v) is 9.27. The van der Waals surface area contributed by atoms with Crippen LogP contribution in [0.4, 0.5) is 13.2 Å². The summed E-state index contributed by atoms with van der Waals surface area (Å²) in [4.78, 5) is 29.7. The van der Waals surface area contributed by atoms with E-state index >= 15 is 0 Å². The Balaban J connectivity index is 1.71. The van der Waals surface area contributed by atoms with Crippen LogP contribution >= 0.6 is 0 Å². The third kappa shape index (κ3) is 5.26. The second-order valence-corrected chi connectivity index (χ2v) is 6.72.